The number of hydrogen-bond donors (Lipinski definition) is 1. The summed E-state index contributed by atoms with van der Waals surface area (Å²) in [5.41, 5.74) is 0. The molecule has 0 aromatic rings. The van der Waals surface area contributed by atoms with Crippen LogP contribution >= 0.6 is 0 Å². The van der Waals surface area contributed by atoms with E-state index < -0.39 is 0 Å². The van der Waals surface area contributed by atoms with Crippen LogP contribution in [0, 0.1) is 0 Å². The summed E-state index contributed by atoms with van der Waals surface area (Å²) in [6.45, 7) is 4.40. The van der Waals surface area contributed by atoms with Crippen molar-refractivity contribution < 1.29 is 9.53 Å². The first kappa shape index (κ1) is 10.4. The number of likely N-dealkylation sites (N-methyl/N-ethyl adjacent to an activating group) is 1. The molecule has 0 aliphatic rings. The second kappa shape index (κ2) is 6.16. The van der Waals surface area contributed by atoms with Crippen molar-refractivity contribution in [2.24, 2.45) is 0 Å². The lowest BCUT2D eigenvalue weighted by atomic mass is 10.3. The van der Waals surface area contributed by atoms with Gasteiger partial charge in [0.1, 0.15) is 6.61 Å². The van der Waals surface area contributed by atoms with Crippen LogP contribution < -0.4 is 5.32 Å². The molecule has 1 unspecified atom stereocenters. The van der Waals surface area contributed by atoms with Gasteiger partial charge in [-0.1, -0.05) is 6.92 Å². The zero-order valence-corrected chi connectivity index (χ0v) is 7.52. The molecule has 11 heavy (non-hydrogen) atoms. The van der Waals surface area contributed by atoms with E-state index >= 15 is 0 Å². The average molecular weight is 159 g/mol. The van der Waals surface area contributed by atoms with Gasteiger partial charge in [-0.25, -0.2) is 0 Å². The first-order valence-electron chi connectivity index (χ1n) is 4.03. The molecule has 1 N–H and O–H groups in total. The zero-order chi connectivity index (χ0) is 8.69. The minimum atomic E-state index is -0.102. The Hall–Kier alpha value is -0.570. The Morgan fingerprint density at radius 1 is 1.64 bits per heavy atom. The second-order valence-corrected chi connectivity index (χ2v) is 2.62. The highest BCUT2D eigenvalue weighted by Crippen LogP contribution is 1.92. The Morgan fingerprint density at radius 2 is 2.27 bits per heavy atom. The number of carbonyl (C=O) groups is 1. The molecule has 1 atom stereocenters. The van der Waals surface area contributed by atoms with Gasteiger partial charge in [0, 0.05) is 12.5 Å². The summed E-state index contributed by atoms with van der Waals surface area (Å²) in [6, 6.07) is 0.246. The molecular weight excluding hydrogens is 142 g/mol. The molecule has 0 saturated heterocycles. The van der Waals surface area contributed by atoms with Gasteiger partial charge >= 0.3 is 5.97 Å². The lowest BCUT2D eigenvalue weighted by Gasteiger charge is -2.09. The molecule has 3 heteroatoms. The molecule has 0 aliphatic heterocycles. The van der Waals surface area contributed by atoms with E-state index in [2.05, 4.69) is 5.32 Å². The van der Waals surface area contributed by atoms with Crippen molar-refractivity contribution in [3.63, 3.8) is 0 Å². The Labute approximate surface area is 68.1 Å². The van der Waals surface area contributed by atoms with Crippen molar-refractivity contribution >= 4 is 5.97 Å². The average Bonchev–Trinajstić information content (AvgIpc) is 2.01. The molecule has 0 heterocycles. The largest absolute Gasteiger partial charge is 0.464 e. The fourth-order valence-electron chi connectivity index (χ4n) is 0.578. The summed E-state index contributed by atoms with van der Waals surface area (Å²) in [7, 11) is 1.85. The number of esters is 1. The van der Waals surface area contributed by atoms with Crippen LogP contribution in [0.15, 0.2) is 0 Å². The molecule has 0 saturated carbocycles. The number of carbonyl (C=O) groups excluding carboxylic acids is 1. The van der Waals surface area contributed by atoms with E-state index in [0.29, 0.717) is 13.0 Å². The van der Waals surface area contributed by atoms with Crippen molar-refractivity contribution in [3.05, 3.63) is 0 Å². The quantitative estimate of drug-likeness (QED) is 0.607. The van der Waals surface area contributed by atoms with Gasteiger partial charge < -0.3 is 10.1 Å². The fourth-order valence-corrected chi connectivity index (χ4v) is 0.578. The molecule has 0 aromatic heterocycles. The molecule has 0 bridgehead atoms. The van der Waals surface area contributed by atoms with Crippen molar-refractivity contribution in [2.45, 2.75) is 32.7 Å². The Bertz CT molecular complexity index is 115. The SMILES string of the molecule is CCCC(=O)OCC(C)NC. The predicted molar refractivity (Wildman–Crippen MR) is 44.4 cm³/mol. The van der Waals surface area contributed by atoms with Crippen LogP contribution in [0.5, 0.6) is 0 Å². The topological polar surface area (TPSA) is 38.3 Å². The maximum atomic E-state index is 10.8. The van der Waals surface area contributed by atoms with Crippen LogP contribution in [0.2, 0.25) is 0 Å². The lowest BCUT2D eigenvalue weighted by molar-refractivity contribution is -0.144. The highest BCUT2D eigenvalue weighted by atomic mass is 16.5. The molecule has 0 fully saturated rings. The van der Waals surface area contributed by atoms with Crippen LogP contribution in [-0.4, -0.2) is 25.7 Å². The number of ether oxygens (including phenoxy) is 1. The van der Waals surface area contributed by atoms with Gasteiger partial charge in [-0.2, -0.15) is 0 Å². The van der Waals surface area contributed by atoms with Crippen LogP contribution in [0.25, 0.3) is 0 Å². The highest BCUT2D eigenvalue weighted by Gasteiger charge is 2.03. The van der Waals surface area contributed by atoms with Gasteiger partial charge in [0.2, 0.25) is 0 Å². The lowest BCUT2D eigenvalue weighted by Crippen LogP contribution is -2.28. The number of nitrogens with one attached hydrogen (secondary N) is 1. The van der Waals surface area contributed by atoms with Crippen molar-refractivity contribution in [3.8, 4) is 0 Å². The minimum Gasteiger partial charge on any atom is -0.464 e. The van der Waals surface area contributed by atoms with E-state index in [0.717, 1.165) is 6.42 Å². The molecular formula is C8H17NO2. The van der Waals surface area contributed by atoms with Gasteiger partial charge in [0.05, 0.1) is 0 Å². The van der Waals surface area contributed by atoms with Crippen LogP contribution in [0.1, 0.15) is 26.7 Å². The van der Waals surface area contributed by atoms with Gasteiger partial charge in [0.15, 0.2) is 0 Å². The number of rotatable bonds is 5. The van der Waals surface area contributed by atoms with Gasteiger partial charge in [-0.3, -0.25) is 4.79 Å². The van der Waals surface area contributed by atoms with E-state index in [1.807, 2.05) is 20.9 Å². The van der Waals surface area contributed by atoms with E-state index in [4.69, 9.17) is 4.74 Å². The second-order valence-electron chi connectivity index (χ2n) is 2.62. The minimum absolute atomic E-state index is 0.102. The first-order chi connectivity index (χ1) is 5.20. The third-order valence-corrected chi connectivity index (χ3v) is 1.44. The summed E-state index contributed by atoms with van der Waals surface area (Å²) < 4.78 is 4.93. The molecule has 0 aliphatic carbocycles. The first-order valence-corrected chi connectivity index (χ1v) is 4.03. The summed E-state index contributed by atoms with van der Waals surface area (Å²) in [5.74, 6) is -0.102. The molecule has 0 aromatic carbocycles. The Balaban J connectivity index is 3.30. The standard InChI is InChI=1S/C8H17NO2/c1-4-5-8(10)11-6-7(2)9-3/h7,9H,4-6H2,1-3H3. The maximum absolute atomic E-state index is 10.8. The Kier molecular flexibility index (Phi) is 5.84. The van der Waals surface area contributed by atoms with Crippen molar-refractivity contribution in [2.75, 3.05) is 13.7 Å². The monoisotopic (exact) mass is 159 g/mol. The third-order valence-electron chi connectivity index (χ3n) is 1.44. The molecule has 0 radical (unpaired) electrons. The van der Waals surface area contributed by atoms with Crippen LogP contribution in [0.4, 0.5) is 0 Å². The predicted octanol–water partition coefficient (Wildman–Crippen LogP) is 0.938. The molecule has 0 amide bonds. The fraction of sp³-hybridized carbons (Fsp3) is 0.875. The molecule has 0 rings (SSSR count). The van der Waals surface area contributed by atoms with E-state index in [1.165, 1.54) is 0 Å². The zero-order valence-electron chi connectivity index (χ0n) is 7.52. The van der Waals surface area contributed by atoms with Crippen LogP contribution in [-0.2, 0) is 9.53 Å². The normalized spacial score (nSPS) is 12.6. The molecule has 0 spiro atoms. The molecule has 3 nitrogen and oxygen atoms in total. The number of hydrogen-bond acceptors (Lipinski definition) is 3. The summed E-state index contributed by atoms with van der Waals surface area (Å²) in [6.07, 6.45) is 1.38. The summed E-state index contributed by atoms with van der Waals surface area (Å²) >= 11 is 0. The Morgan fingerprint density at radius 3 is 2.73 bits per heavy atom. The van der Waals surface area contributed by atoms with Gasteiger partial charge in [-0.05, 0) is 20.4 Å². The molecule has 66 valence electrons. The summed E-state index contributed by atoms with van der Waals surface area (Å²) in [5, 5.41) is 2.99. The van der Waals surface area contributed by atoms with E-state index in [9.17, 15) is 4.79 Å². The van der Waals surface area contributed by atoms with E-state index in [-0.39, 0.29) is 12.0 Å². The smallest absolute Gasteiger partial charge is 0.305 e. The maximum Gasteiger partial charge on any atom is 0.305 e. The van der Waals surface area contributed by atoms with E-state index in [1.54, 1.807) is 0 Å². The van der Waals surface area contributed by atoms with Crippen LogP contribution in [0.3, 0.4) is 0 Å². The van der Waals surface area contributed by atoms with Gasteiger partial charge in [0.25, 0.3) is 0 Å². The van der Waals surface area contributed by atoms with Crippen molar-refractivity contribution in [1.29, 1.82) is 0 Å². The highest BCUT2D eigenvalue weighted by molar-refractivity contribution is 5.69. The van der Waals surface area contributed by atoms with Gasteiger partial charge in [-0.15, -0.1) is 0 Å². The third kappa shape index (κ3) is 5.85. The summed E-state index contributed by atoms with van der Waals surface area (Å²) in [4.78, 5) is 10.8. The van der Waals surface area contributed by atoms with Crippen molar-refractivity contribution in [1.82, 2.24) is 5.32 Å².